The molecule has 0 aliphatic heterocycles. The van der Waals surface area contributed by atoms with Crippen LogP contribution in [0.1, 0.15) is 5.56 Å². The molecule has 6 heteroatoms. The number of benzene rings is 3. The summed E-state index contributed by atoms with van der Waals surface area (Å²) in [7, 11) is -1.29. The topological polar surface area (TPSA) is 21.2 Å². The van der Waals surface area contributed by atoms with Crippen LogP contribution in [0.4, 0.5) is 0 Å². The van der Waals surface area contributed by atoms with E-state index in [0.29, 0.717) is 0 Å². The number of aryl methyl sites for hydroxylation is 2. The first-order valence-electron chi connectivity index (χ1n) is 13.0. The molecule has 0 atom stereocenters. The standard InChI is InChI=1S/C31H34N3SSi2/c1-21-23-15-11-12-16-24(23)27(36(3,4)5)19-25(21)29-30-26(17-18-33(29)2)34-31(35-30)28(20-32-34)37(6,7)22-13-9-8-10-14-22/h8-20H,1-7H3/q+1. The molecule has 186 valence electrons. The first kappa shape index (κ1) is 24.3. The van der Waals surface area contributed by atoms with Crippen molar-refractivity contribution < 1.29 is 4.57 Å². The Morgan fingerprint density at radius 2 is 1.51 bits per heavy atom. The second-order valence-corrected chi connectivity index (χ2v) is 22.2. The number of aromatic nitrogens is 3. The normalized spacial score (nSPS) is 12.7. The van der Waals surface area contributed by atoms with E-state index in [-0.39, 0.29) is 0 Å². The molecule has 0 amide bonds. The molecule has 0 spiro atoms. The van der Waals surface area contributed by atoms with E-state index in [0.717, 1.165) is 0 Å². The molecule has 0 fully saturated rings. The lowest BCUT2D eigenvalue weighted by Crippen LogP contribution is -2.52. The third kappa shape index (κ3) is 3.73. The van der Waals surface area contributed by atoms with Crippen molar-refractivity contribution in [2.24, 2.45) is 7.05 Å². The van der Waals surface area contributed by atoms with Crippen LogP contribution in [0.5, 0.6) is 0 Å². The van der Waals surface area contributed by atoms with Crippen LogP contribution < -0.4 is 20.1 Å². The highest BCUT2D eigenvalue weighted by Gasteiger charge is 2.32. The van der Waals surface area contributed by atoms with Gasteiger partial charge in [-0.25, -0.2) is 4.52 Å². The van der Waals surface area contributed by atoms with Crippen LogP contribution >= 0.6 is 11.3 Å². The Kier molecular flexibility index (Phi) is 5.56. The van der Waals surface area contributed by atoms with Crippen molar-refractivity contribution in [3.05, 3.63) is 84.7 Å². The lowest BCUT2D eigenvalue weighted by molar-refractivity contribution is -0.659. The maximum Gasteiger partial charge on any atom is 0.232 e. The summed E-state index contributed by atoms with van der Waals surface area (Å²) in [6, 6.07) is 24.7. The van der Waals surface area contributed by atoms with Gasteiger partial charge in [0.15, 0.2) is 6.20 Å². The molecule has 0 bridgehead atoms. The lowest BCUT2D eigenvalue weighted by atomic mass is 9.97. The molecule has 0 saturated heterocycles. The molecular weight excluding hydrogens is 503 g/mol. The van der Waals surface area contributed by atoms with Crippen molar-refractivity contribution >= 4 is 68.9 Å². The Bertz CT molecular complexity index is 1810. The van der Waals surface area contributed by atoms with Gasteiger partial charge in [0.05, 0.1) is 25.4 Å². The molecule has 3 aromatic heterocycles. The summed E-state index contributed by atoms with van der Waals surface area (Å²) in [6.45, 7) is 14.5. The smallest absolute Gasteiger partial charge is 0.222 e. The summed E-state index contributed by atoms with van der Waals surface area (Å²) in [5.74, 6) is 0. The van der Waals surface area contributed by atoms with Crippen molar-refractivity contribution in [2.45, 2.75) is 39.7 Å². The van der Waals surface area contributed by atoms with Crippen molar-refractivity contribution in [3.8, 4) is 11.3 Å². The molecule has 6 rings (SSSR count). The molecule has 0 aliphatic carbocycles. The van der Waals surface area contributed by atoms with Crippen LogP contribution in [0.25, 0.3) is 37.1 Å². The molecule has 0 radical (unpaired) electrons. The molecular formula is C31H34N3SSi2+. The molecule has 0 unspecified atom stereocenters. The number of thiazole rings is 1. The van der Waals surface area contributed by atoms with E-state index in [1.807, 2.05) is 11.3 Å². The van der Waals surface area contributed by atoms with E-state index < -0.39 is 16.1 Å². The van der Waals surface area contributed by atoms with Gasteiger partial charge in [0.2, 0.25) is 5.69 Å². The van der Waals surface area contributed by atoms with Crippen LogP contribution in [0.15, 0.2) is 79.1 Å². The first-order valence-corrected chi connectivity index (χ1v) is 20.3. The van der Waals surface area contributed by atoms with Crippen molar-refractivity contribution in [3.63, 3.8) is 0 Å². The van der Waals surface area contributed by atoms with Gasteiger partial charge in [0.1, 0.15) is 24.7 Å². The van der Waals surface area contributed by atoms with Gasteiger partial charge in [0, 0.05) is 11.3 Å². The van der Waals surface area contributed by atoms with E-state index in [2.05, 4.69) is 135 Å². The van der Waals surface area contributed by atoms with Crippen LogP contribution in [-0.2, 0) is 7.05 Å². The maximum atomic E-state index is 4.95. The number of pyridine rings is 1. The highest BCUT2D eigenvalue weighted by molar-refractivity contribution is 7.26. The number of nitrogens with zero attached hydrogens (tertiary/aromatic N) is 3. The van der Waals surface area contributed by atoms with Gasteiger partial charge in [0.25, 0.3) is 0 Å². The predicted octanol–water partition coefficient (Wildman–Crippen LogP) is 5.87. The fraction of sp³-hybridized carbons (Fsp3) is 0.226. The van der Waals surface area contributed by atoms with Gasteiger partial charge >= 0.3 is 0 Å². The molecule has 6 aromatic rings. The van der Waals surface area contributed by atoms with Crippen LogP contribution in [0.2, 0.25) is 32.7 Å². The van der Waals surface area contributed by atoms with Crippen molar-refractivity contribution in [1.29, 1.82) is 0 Å². The van der Waals surface area contributed by atoms with Crippen LogP contribution in [0.3, 0.4) is 0 Å². The SMILES string of the molecule is Cc1c(-c2c3sc4c([Si](C)(C)c5ccccc5)cnn4c3cc[n+]2C)cc([Si](C)(C)C)c2ccccc12. The van der Waals surface area contributed by atoms with E-state index in [4.69, 9.17) is 5.10 Å². The van der Waals surface area contributed by atoms with E-state index >= 15 is 0 Å². The second-order valence-electron chi connectivity index (χ2n) is 11.8. The monoisotopic (exact) mass is 536 g/mol. The second kappa shape index (κ2) is 8.48. The highest BCUT2D eigenvalue weighted by Crippen LogP contribution is 2.36. The number of hydrogen-bond acceptors (Lipinski definition) is 2. The Balaban J connectivity index is 1.66. The molecule has 0 N–H and O–H groups in total. The summed E-state index contributed by atoms with van der Waals surface area (Å²) >= 11 is 1.91. The Labute approximate surface area is 225 Å². The minimum absolute atomic E-state index is 1.19. The zero-order valence-electron chi connectivity index (χ0n) is 22.8. The summed E-state index contributed by atoms with van der Waals surface area (Å²) in [6.07, 6.45) is 4.33. The maximum absolute atomic E-state index is 4.95. The minimum Gasteiger partial charge on any atom is -0.222 e. The van der Waals surface area contributed by atoms with Crippen LogP contribution in [0, 0.1) is 6.92 Å². The van der Waals surface area contributed by atoms with E-state index in [1.165, 1.54) is 58.2 Å². The van der Waals surface area contributed by atoms with E-state index in [9.17, 15) is 0 Å². The fourth-order valence-corrected chi connectivity index (χ4v) is 11.8. The zero-order chi connectivity index (χ0) is 26.1. The van der Waals surface area contributed by atoms with Gasteiger partial charge < -0.3 is 0 Å². The van der Waals surface area contributed by atoms with Gasteiger partial charge in [-0.2, -0.15) is 9.67 Å². The molecule has 3 nitrogen and oxygen atoms in total. The first-order chi connectivity index (χ1) is 17.6. The van der Waals surface area contributed by atoms with Gasteiger partial charge in [-0.15, -0.1) is 11.3 Å². The highest BCUT2D eigenvalue weighted by atomic mass is 32.1. The summed E-state index contributed by atoms with van der Waals surface area (Å²) in [4.78, 5) is 1.28. The van der Waals surface area contributed by atoms with Gasteiger partial charge in [-0.3, -0.25) is 0 Å². The summed E-state index contributed by atoms with van der Waals surface area (Å²) in [5.41, 5.74) is 5.18. The van der Waals surface area contributed by atoms with Gasteiger partial charge in [-0.05, 0) is 29.3 Å². The molecule has 3 heterocycles. The summed E-state index contributed by atoms with van der Waals surface area (Å²) in [5, 5.41) is 12.1. The van der Waals surface area contributed by atoms with Crippen LogP contribution in [-0.4, -0.2) is 25.8 Å². The third-order valence-corrected chi connectivity index (χ3v) is 14.8. The molecule has 3 aromatic carbocycles. The number of rotatable bonds is 4. The number of hydrogen-bond donors (Lipinski definition) is 0. The molecule has 0 saturated carbocycles. The number of fused-ring (bicyclic) bond motifs is 4. The average Bonchev–Trinajstić information content (AvgIpc) is 3.44. The largest absolute Gasteiger partial charge is 0.232 e. The van der Waals surface area contributed by atoms with Gasteiger partial charge in [-0.1, -0.05) is 97.7 Å². The average molecular weight is 537 g/mol. The Morgan fingerprint density at radius 3 is 2.22 bits per heavy atom. The third-order valence-electron chi connectivity index (χ3n) is 7.95. The Morgan fingerprint density at radius 1 is 0.838 bits per heavy atom. The lowest BCUT2D eigenvalue weighted by Gasteiger charge is -2.22. The van der Waals surface area contributed by atoms with E-state index in [1.54, 1.807) is 0 Å². The van der Waals surface area contributed by atoms with Crippen molar-refractivity contribution in [2.75, 3.05) is 0 Å². The zero-order valence-corrected chi connectivity index (χ0v) is 25.6. The summed E-state index contributed by atoms with van der Waals surface area (Å²) < 4.78 is 5.81. The quantitative estimate of drug-likeness (QED) is 0.204. The minimum atomic E-state index is -1.90. The Hall–Kier alpha value is -3.07. The molecule has 37 heavy (non-hydrogen) atoms. The van der Waals surface area contributed by atoms with Crippen molar-refractivity contribution in [1.82, 2.24) is 9.61 Å². The predicted molar refractivity (Wildman–Crippen MR) is 166 cm³/mol. The molecule has 0 aliphatic rings. The fourth-order valence-electron chi connectivity index (χ4n) is 5.72.